The number of rotatable bonds is 5. The second kappa shape index (κ2) is 5.51. The molecule has 0 radical (unpaired) electrons. The first-order chi connectivity index (χ1) is 7.19. The third-order valence-electron chi connectivity index (χ3n) is 2.11. The number of hydrogen-bond donors (Lipinski definition) is 0. The van der Waals surface area contributed by atoms with Gasteiger partial charge in [0.25, 0.3) is 0 Å². The molecule has 15 heavy (non-hydrogen) atoms. The summed E-state index contributed by atoms with van der Waals surface area (Å²) in [6.07, 6.45) is 0.840. The molecule has 0 spiro atoms. The average molecular weight is 208 g/mol. The maximum absolute atomic E-state index is 10.6. The second-order valence-electron chi connectivity index (χ2n) is 3.36. The van der Waals surface area contributed by atoms with Crippen molar-refractivity contribution in [3.8, 4) is 5.75 Å². The van der Waals surface area contributed by atoms with Gasteiger partial charge in [-0.05, 0) is 44.0 Å². The number of benzene rings is 1. The zero-order valence-electron chi connectivity index (χ0n) is 9.37. The van der Waals surface area contributed by atoms with Crippen LogP contribution in [0, 0.1) is 13.8 Å². The van der Waals surface area contributed by atoms with E-state index < -0.39 is 0 Å². The lowest BCUT2D eigenvalue weighted by molar-refractivity contribution is 0.0216. The van der Waals surface area contributed by atoms with E-state index in [-0.39, 0.29) is 6.79 Å². The summed E-state index contributed by atoms with van der Waals surface area (Å²) in [6.45, 7) is 6.63. The fourth-order valence-electron chi connectivity index (χ4n) is 1.46. The molecule has 1 aromatic rings. The van der Waals surface area contributed by atoms with Gasteiger partial charge in [0.15, 0.2) is 6.79 Å². The molecule has 1 aromatic carbocycles. The molecule has 0 aliphatic heterocycles. The molecule has 0 aromatic heterocycles. The van der Waals surface area contributed by atoms with Gasteiger partial charge in [-0.25, -0.2) is 0 Å². The highest BCUT2D eigenvalue weighted by Crippen LogP contribution is 2.24. The van der Waals surface area contributed by atoms with Crippen molar-refractivity contribution in [3.63, 3.8) is 0 Å². The molecule has 0 atom stereocenters. The zero-order chi connectivity index (χ0) is 11.3. The smallest absolute Gasteiger partial charge is 0.189 e. The molecule has 82 valence electrons. The van der Waals surface area contributed by atoms with Crippen LogP contribution in [0.1, 0.15) is 28.4 Å². The van der Waals surface area contributed by atoms with Crippen LogP contribution in [0.4, 0.5) is 0 Å². The highest BCUT2D eigenvalue weighted by molar-refractivity contribution is 5.76. The van der Waals surface area contributed by atoms with Gasteiger partial charge in [-0.15, -0.1) is 0 Å². The van der Waals surface area contributed by atoms with Crippen molar-refractivity contribution in [2.45, 2.75) is 20.8 Å². The van der Waals surface area contributed by atoms with Gasteiger partial charge in [0.2, 0.25) is 0 Å². The van der Waals surface area contributed by atoms with Crippen molar-refractivity contribution in [1.29, 1.82) is 0 Å². The van der Waals surface area contributed by atoms with E-state index in [4.69, 9.17) is 9.47 Å². The van der Waals surface area contributed by atoms with Crippen LogP contribution >= 0.6 is 0 Å². The van der Waals surface area contributed by atoms with E-state index in [2.05, 4.69) is 0 Å². The maximum Gasteiger partial charge on any atom is 0.189 e. The summed E-state index contributed by atoms with van der Waals surface area (Å²) in [5.41, 5.74) is 2.59. The predicted octanol–water partition coefficient (Wildman–Crippen LogP) is 2.49. The lowest BCUT2D eigenvalue weighted by Crippen LogP contribution is -2.05. The summed E-state index contributed by atoms with van der Waals surface area (Å²) in [7, 11) is 0. The highest BCUT2D eigenvalue weighted by Gasteiger charge is 2.05. The van der Waals surface area contributed by atoms with E-state index in [9.17, 15) is 4.79 Å². The molecule has 0 bridgehead atoms. The molecule has 0 N–H and O–H groups in total. The van der Waals surface area contributed by atoms with Crippen LogP contribution in [-0.2, 0) is 4.74 Å². The highest BCUT2D eigenvalue weighted by atomic mass is 16.7. The van der Waals surface area contributed by atoms with E-state index in [1.54, 1.807) is 12.1 Å². The number of aldehydes is 1. The fourth-order valence-corrected chi connectivity index (χ4v) is 1.46. The van der Waals surface area contributed by atoms with Gasteiger partial charge in [-0.3, -0.25) is 4.79 Å². The van der Waals surface area contributed by atoms with Crippen LogP contribution in [0.2, 0.25) is 0 Å². The topological polar surface area (TPSA) is 35.5 Å². The Bertz CT molecular complexity index is 322. The number of aryl methyl sites for hydroxylation is 2. The number of carbonyl (C=O) groups excluding carboxylic acids is 1. The van der Waals surface area contributed by atoms with Crippen LogP contribution in [-0.4, -0.2) is 19.7 Å². The van der Waals surface area contributed by atoms with Crippen molar-refractivity contribution in [2.75, 3.05) is 13.4 Å². The Morgan fingerprint density at radius 1 is 1.27 bits per heavy atom. The first-order valence-electron chi connectivity index (χ1n) is 4.96. The third kappa shape index (κ3) is 3.06. The van der Waals surface area contributed by atoms with Crippen molar-refractivity contribution in [1.82, 2.24) is 0 Å². The molecular formula is C12H16O3. The molecule has 0 amide bonds. The van der Waals surface area contributed by atoms with E-state index in [1.807, 2.05) is 20.8 Å². The molecule has 0 unspecified atom stereocenters. The quantitative estimate of drug-likeness (QED) is 0.423. The molecule has 3 nitrogen and oxygen atoms in total. The standard InChI is InChI=1S/C12H16O3/c1-4-14-8-15-12-9(2)5-11(7-13)6-10(12)3/h5-7H,4,8H2,1-3H3. The molecule has 0 saturated heterocycles. The van der Waals surface area contributed by atoms with Crippen LogP contribution in [0.5, 0.6) is 5.75 Å². The Hall–Kier alpha value is -1.35. The molecule has 0 aliphatic rings. The van der Waals surface area contributed by atoms with E-state index in [1.165, 1.54) is 0 Å². The summed E-state index contributed by atoms with van der Waals surface area (Å²) in [5, 5.41) is 0. The van der Waals surface area contributed by atoms with Crippen molar-refractivity contribution >= 4 is 6.29 Å². The first kappa shape index (κ1) is 11.7. The van der Waals surface area contributed by atoms with Gasteiger partial charge in [0.05, 0.1) is 0 Å². The normalized spacial score (nSPS) is 10.1. The fraction of sp³-hybridized carbons (Fsp3) is 0.417. The summed E-state index contributed by atoms with van der Waals surface area (Å²) < 4.78 is 10.6. The molecule has 0 fully saturated rings. The molecule has 1 rings (SSSR count). The maximum atomic E-state index is 10.6. The molecular weight excluding hydrogens is 192 g/mol. The third-order valence-corrected chi connectivity index (χ3v) is 2.11. The lowest BCUT2D eigenvalue weighted by atomic mass is 10.1. The minimum atomic E-state index is 0.249. The van der Waals surface area contributed by atoms with E-state index in [0.717, 1.165) is 23.2 Å². The van der Waals surface area contributed by atoms with Crippen molar-refractivity contribution in [2.24, 2.45) is 0 Å². The van der Waals surface area contributed by atoms with Gasteiger partial charge >= 0.3 is 0 Å². The van der Waals surface area contributed by atoms with E-state index >= 15 is 0 Å². The number of ether oxygens (including phenoxy) is 2. The molecule has 0 saturated carbocycles. The van der Waals surface area contributed by atoms with Gasteiger partial charge in [-0.2, -0.15) is 0 Å². The SMILES string of the molecule is CCOCOc1c(C)cc(C=O)cc1C. The molecule has 0 heterocycles. The average Bonchev–Trinajstić information content (AvgIpc) is 2.22. The molecule has 0 aliphatic carbocycles. The second-order valence-corrected chi connectivity index (χ2v) is 3.36. The molecule has 3 heteroatoms. The summed E-state index contributed by atoms with van der Waals surface area (Å²) in [6, 6.07) is 3.61. The van der Waals surface area contributed by atoms with Crippen molar-refractivity contribution in [3.05, 3.63) is 28.8 Å². The van der Waals surface area contributed by atoms with E-state index in [0.29, 0.717) is 12.2 Å². The minimum Gasteiger partial charge on any atom is -0.467 e. The summed E-state index contributed by atoms with van der Waals surface area (Å²) in [5.74, 6) is 0.800. The minimum absolute atomic E-state index is 0.249. The predicted molar refractivity (Wildman–Crippen MR) is 58.4 cm³/mol. The number of hydrogen-bond acceptors (Lipinski definition) is 3. The van der Waals surface area contributed by atoms with Gasteiger partial charge in [0.1, 0.15) is 12.0 Å². The number of carbonyl (C=O) groups is 1. The summed E-state index contributed by atoms with van der Waals surface area (Å²) in [4.78, 5) is 10.6. The van der Waals surface area contributed by atoms with Crippen LogP contribution < -0.4 is 4.74 Å². The van der Waals surface area contributed by atoms with Gasteiger partial charge in [-0.1, -0.05) is 0 Å². The monoisotopic (exact) mass is 208 g/mol. The van der Waals surface area contributed by atoms with Gasteiger partial charge < -0.3 is 9.47 Å². The van der Waals surface area contributed by atoms with Crippen LogP contribution in [0.15, 0.2) is 12.1 Å². The van der Waals surface area contributed by atoms with Crippen LogP contribution in [0.3, 0.4) is 0 Å². The zero-order valence-corrected chi connectivity index (χ0v) is 9.37. The lowest BCUT2D eigenvalue weighted by Gasteiger charge is -2.12. The Balaban J connectivity index is 2.83. The summed E-state index contributed by atoms with van der Waals surface area (Å²) >= 11 is 0. The Kier molecular flexibility index (Phi) is 4.31. The first-order valence-corrected chi connectivity index (χ1v) is 4.96. The van der Waals surface area contributed by atoms with Crippen LogP contribution in [0.25, 0.3) is 0 Å². The Morgan fingerprint density at radius 2 is 1.87 bits per heavy atom. The Morgan fingerprint density at radius 3 is 2.33 bits per heavy atom. The van der Waals surface area contributed by atoms with Gasteiger partial charge in [0, 0.05) is 12.2 Å². The van der Waals surface area contributed by atoms with Crippen molar-refractivity contribution < 1.29 is 14.3 Å². The largest absolute Gasteiger partial charge is 0.467 e. The Labute approximate surface area is 90.0 Å².